The van der Waals surface area contributed by atoms with Gasteiger partial charge in [-0.15, -0.1) is 11.3 Å². The van der Waals surface area contributed by atoms with E-state index in [4.69, 9.17) is 23.5 Å². The number of aromatic amines is 1. The molecule has 10 bridgehead atoms. The van der Waals surface area contributed by atoms with E-state index in [-0.39, 0.29) is 24.0 Å². The van der Waals surface area contributed by atoms with Crippen molar-refractivity contribution in [2.45, 2.75) is 44.4 Å². The van der Waals surface area contributed by atoms with Gasteiger partial charge in [-0.3, -0.25) is 9.59 Å². The predicted molar refractivity (Wildman–Crippen MR) is 195 cm³/mol. The van der Waals surface area contributed by atoms with Gasteiger partial charge in [0, 0.05) is 57.4 Å². The number of carbonyl (C=O) groups excluding carboxylic acids is 2. The molecule has 8 heterocycles. The molecular weight excluding hydrogens is 675 g/mol. The quantitative estimate of drug-likeness (QED) is 0.156. The number of benzene rings is 3. The van der Waals surface area contributed by atoms with Gasteiger partial charge < -0.3 is 29.2 Å². The number of nitrogens with one attached hydrogen (secondary N) is 3. The Morgan fingerprint density at radius 3 is 2.75 bits per heavy atom. The number of ketones is 1. The topological polar surface area (TPSA) is 135 Å². The monoisotopic (exact) mass is 705 g/mol. The number of fused-ring (bicyclic) bond motifs is 7. The van der Waals surface area contributed by atoms with Gasteiger partial charge in [0.1, 0.15) is 17.2 Å². The average molecular weight is 706 g/mol. The van der Waals surface area contributed by atoms with E-state index in [1.165, 1.54) is 11.3 Å². The number of thiophene rings is 1. The minimum atomic E-state index is -1.01. The van der Waals surface area contributed by atoms with Crippen molar-refractivity contribution >= 4 is 39.6 Å². The fraction of sp³-hybridized carbons (Fsp3) is 0.220. The van der Waals surface area contributed by atoms with Crippen LogP contribution in [0.15, 0.2) is 93.3 Å². The summed E-state index contributed by atoms with van der Waals surface area (Å²) in [6.07, 6.45) is 3.52. The second-order valence-electron chi connectivity index (χ2n) is 14.4. The number of ether oxygens (including phenoxy) is 1. The summed E-state index contributed by atoms with van der Waals surface area (Å²) in [4.78, 5) is 41.8. The van der Waals surface area contributed by atoms with Crippen LogP contribution in [0.2, 0.25) is 0 Å². The number of hydrogen-bond acceptors (Lipinski definition) is 9. The molecule has 256 valence electrons. The molecule has 4 aromatic heterocycles. The summed E-state index contributed by atoms with van der Waals surface area (Å²) >= 11 is 1.39. The fourth-order valence-electron chi connectivity index (χ4n) is 8.73. The van der Waals surface area contributed by atoms with Crippen molar-refractivity contribution in [2.75, 3.05) is 5.32 Å². The molecule has 7 aromatic rings. The smallest absolute Gasteiger partial charge is 0.249 e. The van der Waals surface area contributed by atoms with Crippen molar-refractivity contribution in [1.29, 1.82) is 0 Å². The van der Waals surface area contributed by atoms with Crippen LogP contribution in [0.25, 0.3) is 44.9 Å². The van der Waals surface area contributed by atoms with E-state index in [0.29, 0.717) is 46.0 Å². The minimum absolute atomic E-state index is 0.0584. The summed E-state index contributed by atoms with van der Waals surface area (Å²) in [5.41, 5.74) is 7.06. The zero-order chi connectivity index (χ0) is 34.9. The lowest BCUT2D eigenvalue weighted by atomic mass is 9.72. The van der Waals surface area contributed by atoms with Crippen LogP contribution in [0.4, 0.5) is 5.69 Å². The average Bonchev–Trinajstić information content (AvgIpc) is 3.99. The molecule has 2 unspecified atom stereocenters. The summed E-state index contributed by atoms with van der Waals surface area (Å²) in [6.45, 7) is 4.04. The molecule has 1 spiro atoms. The molecule has 11 rings (SSSR count). The van der Waals surface area contributed by atoms with Crippen LogP contribution in [0, 0.1) is 11.8 Å². The Hall–Kier alpha value is -5.94. The number of aromatic nitrogens is 3. The molecule has 11 heteroatoms. The largest absolute Gasteiger partial charge is 0.469 e. The molecular formula is C41H31N5O5S. The number of para-hydroxylation sites is 1. The third-order valence-electron chi connectivity index (χ3n) is 11.2. The Morgan fingerprint density at radius 1 is 1.00 bits per heavy atom. The van der Waals surface area contributed by atoms with Crippen LogP contribution in [0.1, 0.15) is 64.3 Å². The highest BCUT2D eigenvalue weighted by Gasteiger charge is 2.61. The summed E-state index contributed by atoms with van der Waals surface area (Å²) in [5, 5.41) is 9.95. The first-order chi connectivity index (χ1) is 25.4. The molecule has 52 heavy (non-hydrogen) atoms. The summed E-state index contributed by atoms with van der Waals surface area (Å²) in [6, 6.07) is 21.7. The molecule has 4 atom stereocenters. The van der Waals surface area contributed by atoms with Gasteiger partial charge in [0.05, 0.1) is 11.1 Å². The van der Waals surface area contributed by atoms with Gasteiger partial charge in [0.2, 0.25) is 17.7 Å². The maximum absolute atomic E-state index is 14.3. The number of rotatable bonds is 4. The van der Waals surface area contributed by atoms with Crippen molar-refractivity contribution in [1.82, 2.24) is 20.3 Å². The standard InChI is InChI=1S/C41H31N5O5S/c1-19(2)33-39-45-35-36(51-39)41-25-8-3-7-23(22-6-4-9-27-32(22)24(17-42-27)30-18-43-38(35)49-30)34(25)46-40(41)50-29-12-11-20(15-26(29)41)14-21(37(48)44-33)16-28(47)31-10-5-13-52-31/h3-13,15,17-19,21,33,40,42,46H,14,16H2,1-2H3,(H,44,48)/t21?,33-,40?,41-/m0/s1. The molecule has 1 amide bonds. The van der Waals surface area contributed by atoms with Crippen LogP contribution in [-0.4, -0.2) is 32.9 Å². The van der Waals surface area contributed by atoms with Crippen LogP contribution >= 0.6 is 11.3 Å². The van der Waals surface area contributed by atoms with E-state index in [0.717, 1.165) is 50.0 Å². The Labute approximate surface area is 301 Å². The molecule has 4 aliphatic heterocycles. The highest BCUT2D eigenvalue weighted by Crippen LogP contribution is 2.61. The lowest BCUT2D eigenvalue weighted by molar-refractivity contribution is -0.126. The maximum Gasteiger partial charge on any atom is 0.249 e. The van der Waals surface area contributed by atoms with E-state index < -0.39 is 23.6 Å². The molecule has 3 aromatic carbocycles. The Bertz CT molecular complexity index is 2630. The molecule has 3 N–H and O–H groups in total. The highest BCUT2D eigenvalue weighted by molar-refractivity contribution is 7.12. The minimum Gasteiger partial charge on any atom is -0.469 e. The van der Waals surface area contributed by atoms with Crippen molar-refractivity contribution in [3.8, 4) is 39.8 Å². The molecule has 10 nitrogen and oxygen atoms in total. The molecule has 0 saturated carbocycles. The van der Waals surface area contributed by atoms with Gasteiger partial charge in [-0.05, 0) is 47.0 Å². The zero-order valence-corrected chi connectivity index (χ0v) is 29.0. The van der Waals surface area contributed by atoms with Gasteiger partial charge in [-0.25, -0.2) is 9.97 Å². The van der Waals surface area contributed by atoms with E-state index in [9.17, 15) is 9.59 Å². The summed E-state index contributed by atoms with van der Waals surface area (Å²) in [7, 11) is 0. The predicted octanol–water partition coefficient (Wildman–Crippen LogP) is 8.26. The Balaban J connectivity index is 1.21. The van der Waals surface area contributed by atoms with Crippen LogP contribution < -0.4 is 15.4 Å². The van der Waals surface area contributed by atoms with Crippen LogP contribution in [0.3, 0.4) is 0 Å². The number of carbonyl (C=O) groups is 2. The number of Topliss-reactive ketones (excluding diaryl/α,β-unsaturated/α-hetero) is 1. The van der Waals surface area contributed by atoms with E-state index in [1.807, 2.05) is 49.7 Å². The van der Waals surface area contributed by atoms with Crippen molar-refractivity contribution in [3.63, 3.8) is 0 Å². The van der Waals surface area contributed by atoms with Crippen molar-refractivity contribution in [2.24, 2.45) is 11.8 Å². The Kier molecular flexibility index (Phi) is 6.04. The first-order valence-corrected chi connectivity index (χ1v) is 18.4. The molecule has 0 saturated heterocycles. The van der Waals surface area contributed by atoms with Crippen molar-refractivity contribution in [3.05, 3.63) is 118 Å². The number of amides is 1. The second-order valence-corrected chi connectivity index (χ2v) is 15.4. The fourth-order valence-corrected chi connectivity index (χ4v) is 9.41. The molecule has 0 radical (unpaired) electrons. The van der Waals surface area contributed by atoms with Gasteiger partial charge in [0.15, 0.2) is 29.2 Å². The molecule has 4 aliphatic rings. The summed E-state index contributed by atoms with van der Waals surface area (Å²) < 4.78 is 20.5. The highest BCUT2D eigenvalue weighted by atomic mass is 32.1. The Morgan fingerprint density at radius 2 is 1.88 bits per heavy atom. The number of hydrogen-bond donors (Lipinski definition) is 3. The second kappa shape index (κ2) is 10.5. The van der Waals surface area contributed by atoms with Gasteiger partial charge in [-0.2, -0.15) is 0 Å². The number of oxazole rings is 2. The lowest BCUT2D eigenvalue weighted by Crippen LogP contribution is -2.40. The van der Waals surface area contributed by atoms with E-state index >= 15 is 0 Å². The first-order valence-electron chi connectivity index (χ1n) is 17.5. The third kappa shape index (κ3) is 3.94. The van der Waals surface area contributed by atoms with Crippen molar-refractivity contribution < 1.29 is 23.2 Å². The first kappa shape index (κ1) is 29.8. The van der Waals surface area contributed by atoms with Crippen LogP contribution in [0.5, 0.6) is 5.75 Å². The number of H-pyrrole nitrogens is 1. The van der Waals surface area contributed by atoms with E-state index in [1.54, 1.807) is 6.20 Å². The molecule has 0 aliphatic carbocycles. The lowest BCUT2D eigenvalue weighted by Gasteiger charge is -2.28. The van der Waals surface area contributed by atoms with Gasteiger partial charge in [-0.1, -0.05) is 62.4 Å². The van der Waals surface area contributed by atoms with E-state index in [2.05, 4.69) is 58.1 Å². The molecule has 0 fully saturated rings. The maximum atomic E-state index is 14.3. The normalized spacial score (nSPS) is 21.9. The number of anilines is 1. The van der Waals surface area contributed by atoms with Gasteiger partial charge in [0.25, 0.3) is 0 Å². The third-order valence-corrected chi connectivity index (χ3v) is 12.1. The van der Waals surface area contributed by atoms with Gasteiger partial charge >= 0.3 is 0 Å². The summed E-state index contributed by atoms with van der Waals surface area (Å²) in [5.74, 6) is 1.43. The SMILES string of the molecule is CC(C)[C@@H]1NC(=O)C(CC(=O)c2cccs2)Cc2ccc3c(c2)[C@]24c5cccc(c5NC2O3)-c2cccc3[nH]cc(c23)-c2cnc(o2)-c2nc1oc24. The number of nitrogens with zero attached hydrogens (tertiary/aromatic N) is 2. The zero-order valence-electron chi connectivity index (χ0n) is 28.2. The van der Waals surface area contributed by atoms with Crippen LogP contribution in [-0.2, 0) is 16.6 Å².